The van der Waals surface area contributed by atoms with Crippen LogP contribution in [0.2, 0.25) is 0 Å². The van der Waals surface area contributed by atoms with Gasteiger partial charge in [0.15, 0.2) is 9.84 Å². The second-order valence-corrected chi connectivity index (χ2v) is 5.90. The van der Waals surface area contributed by atoms with Crippen LogP contribution < -0.4 is 5.73 Å². The molecule has 84 valence electrons. The zero-order valence-electron chi connectivity index (χ0n) is 9.06. The van der Waals surface area contributed by atoms with Gasteiger partial charge in [0.05, 0.1) is 5.69 Å². The number of hydrogen-bond donors (Lipinski definition) is 1. The molecule has 1 heterocycles. The first-order chi connectivity index (χ1) is 6.84. The van der Waals surface area contributed by atoms with E-state index in [0.29, 0.717) is 11.5 Å². The maximum absolute atomic E-state index is 11.3. The van der Waals surface area contributed by atoms with Crippen LogP contribution in [0.5, 0.6) is 0 Å². The van der Waals surface area contributed by atoms with Gasteiger partial charge in [-0.1, -0.05) is 0 Å². The molecule has 1 aromatic heterocycles. The van der Waals surface area contributed by atoms with E-state index < -0.39 is 15.1 Å². The molecule has 0 aromatic carbocycles. The van der Waals surface area contributed by atoms with Crippen molar-refractivity contribution in [1.82, 2.24) is 9.97 Å². The number of aryl methyl sites for hydroxylation is 1. The lowest BCUT2D eigenvalue weighted by molar-refractivity contribution is 0.588. The van der Waals surface area contributed by atoms with Crippen LogP contribution >= 0.6 is 0 Å². The zero-order chi connectivity index (χ0) is 11.6. The van der Waals surface area contributed by atoms with Gasteiger partial charge in [0.2, 0.25) is 0 Å². The minimum absolute atomic E-state index is 0.285. The Labute approximate surface area is 89.7 Å². The van der Waals surface area contributed by atoms with Crippen LogP contribution in [0.3, 0.4) is 0 Å². The van der Waals surface area contributed by atoms with Gasteiger partial charge in [-0.2, -0.15) is 0 Å². The predicted molar refractivity (Wildman–Crippen MR) is 57.9 cm³/mol. The van der Waals surface area contributed by atoms with Crippen LogP contribution in [-0.2, 0) is 16.4 Å². The molecule has 0 amide bonds. The van der Waals surface area contributed by atoms with Gasteiger partial charge in [-0.15, -0.1) is 0 Å². The van der Waals surface area contributed by atoms with Crippen molar-refractivity contribution in [2.75, 3.05) is 6.26 Å². The van der Waals surface area contributed by atoms with Crippen LogP contribution in [-0.4, -0.2) is 24.6 Å². The minimum Gasteiger partial charge on any atom is -0.325 e. The summed E-state index contributed by atoms with van der Waals surface area (Å²) in [7, 11) is -3.16. The van der Waals surface area contributed by atoms with Gasteiger partial charge in [-0.25, -0.2) is 18.4 Å². The third-order valence-electron chi connectivity index (χ3n) is 2.14. The molecule has 1 aromatic rings. The molecular weight excluding hydrogens is 214 g/mol. The number of rotatable bonds is 3. The Hall–Kier alpha value is -1.01. The maximum atomic E-state index is 11.3. The normalized spacial score (nSPS) is 13.9. The molecule has 0 spiro atoms. The molecule has 6 heteroatoms. The summed E-state index contributed by atoms with van der Waals surface area (Å²) in [5, 5.41) is -0.692. The first kappa shape index (κ1) is 12.1. The fraction of sp³-hybridized carbons (Fsp3) is 0.556. The van der Waals surface area contributed by atoms with Gasteiger partial charge in [0.1, 0.15) is 11.1 Å². The molecule has 1 rings (SSSR count). The van der Waals surface area contributed by atoms with Crippen LogP contribution in [0.15, 0.2) is 6.07 Å². The van der Waals surface area contributed by atoms with E-state index >= 15 is 0 Å². The summed E-state index contributed by atoms with van der Waals surface area (Å²) >= 11 is 0. The lowest BCUT2D eigenvalue weighted by atomic mass is 10.3. The standard InChI is InChI=1S/C9H15N3O2S/c1-6-4-8(5-10)12-9(11-6)7(2)15(3,13)14/h4,7H,5,10H2,1-3H3. The molecule has 2 N–H and O–H groups in total. The molecule has 1 unspecified atom stereocenters. The van der Waals surface area contributed by atoms with E-state index in [0.717, 1.165) is 5.69 Å². The predicted octanol–water partition coefficient (Wildman–Crippen LogP) is 0.349. The Balaban J connectivity index is 3.20. The number of aromatic nitrogens is 2. The Kier molecular flexibility index (Phi) is 3.41. The van der Waals surface area contributed by atoms with Gasteiger partial charge >= 0.3 is 0 Å². The van der Waals surface area contributed by atoms with E-state index in [-0.39, 0.29) is 6.54 Å². The summed E-state index contributed by atoms with van der Waals surface area (Å²) < 4.78 is 22.7. The first-order valence-corrected chi connectivity index (χ1v) is 6.53. The minimum atomic E-state index is -3.16. The summed E-state index contributed by atoms with van der Waals surface area (Å²) in [6.07, 6.45) is 1.17. The Morgan fingerprint density at radius 1 is 1.47 bits per heavy atom. The average Bonchev–Trinajstić information content (AvgIpc) is 2.14. The third-order valence-corrected chi connectivity index (χ3v) is 3.63. The van der Waals surface area contributed by atoms with Crippen molar-refractivity contribution in [3.8, 4) is 0 Å². The molecule has 0 fully saturated rings. The van der Waals surface area contributed by atoms with Crippen molar-refractivity contribution >= 4 is 9.84 Å². The lowest BCUT2D eigenvalue weighted by Gasteiger charge is -2.09. The van der Waals surface area contributed by atoms with Crippen molar-refractivity contribution in [1.29, 1.82) is 0 Å². The van der Waals surface area contributed by atoms with Crippen LogP contribution in [0.1, 0.15) is 29.4 Å². The highest BCUT2D eigenvalue weighted by Gasteiger charge is 2.20. The SMILES string of the molecule is Cc1cc(CN)nc(C(C)S(C)(=O)=O)n1. The molecule has 0 saturated carbocycles. The Morgan fingerprint density at radius 3 is 2.53 bits per heavy atom. The number of nitrogens with two attached hydrogens (primary N) is 1. The molecule has 0 saturated heterocycles. The highest BCUT2D eigenvalue weighted by atomic mass is 32.2. The molecule has 0 bridgehead atoms. The number of hydrogen-bond acceptors (Lipinski definition) is 5. The summed E-state index contributed by atoms with van der Waals surface area (Å²) in [4.78, 5) is 8.21. The summed E-state index contributed by atoms with van der Waals surface area (Å²) in [5.41, 5.74) is 6.85. The number of sulfone groups is 1. The van der Waals surface area contributed by atoms with Crippen molar-refractivity contribution in [2.45, 2.75) is 25.6 Å². The van der Waals surface area contributed by atoms with Crippen LogP contribution in [0, 0.1) is 6.92 Å². The summed E-state index contributed by atoms with van der Waals surface area (Å²) in [6, 6.07) is 1.75. The summed E-state index contributed by atoms with van der Waals surface area (Å²) in [6.45, 7) is 3.65. The van der Waals surface area contributed by atoms with E-state index in [9.17, 15) is 8.42 Å². The largest absolute Gasteiger partial charge is 0.325 e. The van der Waals surface area contributed by atoms with Gasteiger partial charge in [-0.3, -0.25) is 0 Å². The van der Waals surface area contributed by atoms with Gasteiger partial charge in [-0.05, 0) is 19.9 Å². The molecule has 0 aliphatic carbocycles. The van der Waals surface area contributed by atoms with Gasteiger partial charge in [0, 0.05) is 18.5 Å². The van der Waals surface area contributed by atoms with E-state index in [1.54, 1.807) is 19.9 Å². The van der Waals surface area contributed by atoms with Crippen molar-refractivity contribution in [3.63, 3.8) is 0 Å². The van der Waals surface area contributed by atoms with E-state index in [1.807, 2.05) is 0 Å². The fourth-order valence-electron chi connectivity index (χ4n) is 1.14. The van der Waals surface area contributed by atoms with Crippen molar-refractivity contribution in [3.05, 3.63) is 23.3 Å². The van der Waals surface area contributed by atoms with Crippen LogP contribution in [0.4, 0.5) is 0 Å². The van der Waals surface area contributed by atoms with Crippen molar-refractivity contribution in [2.24, 2.45) is 5.73 Å². The molecule has 5 nitrogen and oxygen atoms in total. The lowest BCUT2D eigenvalue weighted by Crippen LogP contribution is -2.14. The molecular formula is C9H15N3O2S. The molecule has 0 aliphatic rings. The highest BCUT2D eigenvalue weighted by Crippen LogP contribution is 2.17. The molecule has 0 aliphatic heterocycles. The quantitative estimate of drug-likeness (QED) is 0.808. The number of nitrogens with zero attached hydrogens (tertiary/aromatic N) is 2. The Morgan fingerprint density at radius 2 is 2.07 bits per heavy atom. The van der Waals surface area contributed by atoms with Crippen LogP contribution in [0.25, 0.3) is 0 Å². The maximum Gasteiger partial charge on any atom is 0.157 e. The first-order valence-electron chi connectivity index (χ1n) is 4.58. The van der Waals surface area contributed by atoms with Crippen molar-refractivity contribution < 1.29 is 8.42 Å². The Bertz CT molecular complexity index is 456. The third kappa shape index (κ3) is 2.97. The fourth-order valence-corrected chi connectivity index (χ4v) is 1.62. The van der Waals surface area contributed by atoms with E-state index in [4.69, 9.17) is 5.73 Å². The van der Waals surface area contributed by atoms with Gasteiger partial charge in [0.25, 0.3) is 0 Å². The summed E-state index contributed by atoms with van der Waals surface area (Å²) in [5.74, 6) is 0.318. The highest BCUT2D eigenvalue weighted by molar-refractivity contribution is 7.90. The molecule has 15 heavy (non-hydrogen) atoms. The van der Waals surface area contributed by atoms with E-state index in [2.05, 4.69) is 9.97 Å². The average molecular weight is 229 g/mol. The molecule has 1 atom stereocenters. The zero-order valence-corrected chi connectivity index (χ0v) is 9.87. The topological polar surface area (TPSA) is 85.9 Å². The molecule has 0 radical (unpaired) electrons. The second-order valence-electron chi connectivity index (χ2n) is 3.53. The smallest absolute Gasteiger partial charge is 0.157 e. The monoisotopic (exact) mass is 229 g/mol. The van der Waals surface area contributed by atoms with Gasteiger partial charge < -0.3 is 5.73 Å². The second kappa shape index (κ2) is 4.24. The van der Waals surface area contributed by atoms with E-state index in [1.165, 1.54) is 6.26 Å².